The van der Waals surface area contributed by atoms with E-state index in [-0.39, 0.29) is 0 Å². The Bertz CT molecular complexity index is 1330. The number of anilines is 1. The molecule has 0 saturated heterocycles. The fraction of sp³-hybridized carbons (Fsp3) is 0.103. The molecule has 0 atom stereocenters. The van der Waals surface area contributed by atoms with E-state index in [1.807, 2.05) is 79.7 Å². The molecule has 1 amide bonds. The maximum atomic E-state index is 12.7. The summed E-state index contributed by atoms with van der Waals surface area (Å²) in [5, 5.41) is 0. The number of hydrogen-bond acceptors (Lipinski definition) is 3. The summed E-state index contributed by atoms with van der Waals surface area (Å²) in [6.45, 7) is 2.79. The smallest absolute Gasteiger partial charge is 0.299 e. The lowest BCUT2D eigenvalue weighted by Crippen LogP contribution is -2.29. The maximum absolute atomic E-state index is 12.7. The van der Waals surface area contributed by atoms with Crippen LogP contribution >= 0.6 is 0 Å². The van der Waals surface area contributed by atoms with Gasteiger partial charge in [-0.1, -0.05) is 78.9 Å². The van der Waals surface area contributed by atoms with Crippen LogP contribution in [0.5, 0.6) is 5.75 Å². The maximum Gasteiger partial charge on any atom is 0.299 e. The summed E-state index contributed by atoms with van der Waals surface area (Å²) in [4.78, 5) is 26.9. The van der Waals surface area contributed by atoms with Crippen molar-refractivity contribution in [1.29, 1.82) is 0 Å². The Balaban J connectivity index is 1.33. The molecule has 0 aliphatic carbocycles. The lowest BCUT2D eigenvalue weighted by molar-refractivity contribution is -0.114. The Morgan fingerprint density at radius 3 is 2.21 bits per heavy atom. The predicted molar refractivity (Wildman–Crippen MR) is 129 cm³/mol. The number of ketones is 1. The van der Waals surface area contributed by atoms with Gasteiger partial charge >= 0.3 is 0 Å². The van der Waals surface area contributed by atoms with Crippen LogP contribution in [0.3, 0.4) is 0 Å². The zero-order valence-electron chi connectivity index (χ0n) is 18.3. The number of rotatable bonds is 6. The zero-order chi connectivity index (χ0) is 22.8. The Kier molecular flexibility index (Phi) is 5.49. The van der Waals surface area contributed by atoms with E-state index in [2.05, 4.69) is 12.1 Å². The Labute approximate surface area is 193 Å². The molecule has 0 spiro atoms. The second-order valence-corrected chi connectivity index (χ2v) is 8.18. The Morgan fingerprint density at radius 1 is 0.758 bits per heavy atom. The number of amides is 1. The molecular formula is C29H23NO3. The molecule has 162 valence electrons. The summed E-state index contributed by atoms with van der Waals surface area (Å²) in [5.74, 6) is -0.423. The van der Waals surface area contributed by atoms with E-state index < -0.39 is 11.7 Å². The summed E-state index contributed by atoms with van der Waals surface area (Å²) in [6, 6.07) is 31.5. The number of hydrogen-bond donors (Lipinski definition) is 0. The molecule has 5 rings (SSSR count). The fourth-order valence-corrected chi connectivity index (χ4v) is 4.08. The van der Waals surface area contributed by atoms with Gasteiger partial charge in [-0.3, -0.25) is 9.59 Å². The number of carbonyl (C=O) groups is 2. The van der Waals surface area contributed by atoms with Crippen LogP contribution in [0.15, 0.2) is 97.1 Å². The average molecular weight is 434 g/mol. The third kappa shape index (κ3) is 4.15. The highest BCUT2D eigenvalue weighted by Crippen LogP contribution is 2.34. The molecule has 1 heterocycles. The predicted octanol–water partition coefficient (Wildman–Crippen LogP) is 5.97. The highest BCUT2D eigenvalue weighted by atomic mass is 16.5. The van der Waals surface area contributed by atoms with Crippen molar-refractivity contribution >= 4 is 17.4 Å². The first-order chi connectivity index (χ1) is 16.1. The van der Waals surface area contributed by atoms with Crippen molar-refractivity contribution in [3.63, 3.8) is 0 Å². The van der Waals surface area contributed by atoms with Crippen LogP contribution in [0.1, 0.15) is 27.0 Å². The second-order valence-electron chi connectivity index (χ2n) is 8.18. The van der Waals surface area contributed by atoms with Gasteiger partial charge in [0.25, 0.3) is 11.7 Å². The van der Waals surface area contributed by atoms with Crippen LogP contribution in [-0.2, 0) is 17.9 Å². The van der Waals surface area contributed by atoms with Crippen LogP contribution < -0.4 is 9.64 Å². The molecule has 0 fully saturated rings. The second kappa shape index (κ2) is 8.75. The molecule has 0 bridgehead atoms. The highest BCUT2D eigenvalue weighted by Gasteiger charge is 2.36. The standard InChI is InChI=1S/C29H23NO3/c1-20-7-5-6-10-24(20)19-33-25-15-16-27-26(17-25)28(31)29(32)30(27)18-21-11-13-23(14-12-21)22-8-3-2-4-9-22/h2-17H,18-19H2,1H3. The van der Waals surface area contributed by atoms with Crippen molar-refractivity contribution in [2.24, 2.45) is 0 Å². The molecule has 4 nitrogen and oxygen atoms in total. The summed E-state index contributed by atoms with van der Waals surface area (Å²) < 4.78 is 5.91. The molecule has 1 aliphatic rings. The van der Waals surface area contributed by atoms with Gasteiger partial charge in [0.15, 0.2) is 0 Å². The largest absolute Gasteiger partial charge is 0.489 e. The van der Waals surface area contributed by atoms with Crippen LogP contribution in [0, 0.1) is 6.92 Å². The first kappa shape index (κ1) is 20.7. The molecule has 4 aromatic carbocycles. The van der Waals surface area contributed by atoms with Gasteiger partial charge in [0.1, 0.15) is 12.4 Å². The fourth-order valence-electron chi connectivity index (χ4n) is 4.08. The normalized spacial score (nSPS) is 12.7. The summed E-state index contributed by atoms with van der Waals surface area (Å²) in [7, 11) is 0. The van der Waals surface area contributed by atoms with Crippen LogP contribution in [-0.4, -0.2) is 11.7 Å². The van der Waals surface area contributed by atoms with E-state index >= 15 is 0 Å². The van der Waals surface area contributed by atoms with Gasteiger partial charge in [-0.15, -0.1) is 0 Å². The third-order valence-electron chi connectivity index (χ3n) is 6.00. The quantitative estimate of drug-likeness (QED) is 0.352. The molecular weight excluding hydrogens is 410 g/mol. The minimum atomic E-state index is -0.506. The average Bonchev–Trinajstić information content (AvgIpc) is 3.09. The summed E-state index contributed by atoms with van der Waals surface area (Å²) in [5.41, 5.74) is 6.46. The van der Waals surface area contributed by atoms with E-state index in [1.165, 1.54) is 0 Å². The van der Waals surface area contributed by atoms with Gasteiger partial charge in [-0.25, -0.2) is 0 Å². The number of fused-ring (bicyclic) bond motifs is 1. The number of Topliss-reactive ketones (excluding diaryl/α,β-unsaturated/α-hetero) is 1. The minimum Gasteiger partial charge on any atom is -0.489 e. The molecule has 4 heteroatoms. The lowest BCUT2D eigenvalue weighted by Gasteiger charge is -2.17. The topological polar surface area (TPSA) is 46.6 Å². The summed E-state index contributed by atoms with van der Waals surface area (Å²) in [6.07, 6.45) is 0. The first-order valence-electron chi connectivity index (χ1n) is 10.9. The van der Waals surface area contributed by atoms with E-state index in [4.69, 9.17) is 4.74 Å². The minimum absolute atomic E-state index is 0.343. The first-order valence-corrected chi connectivity index (χ1v) is 10.9. The Hall–Kier alpha value is -4.18. The number of nitrogens with zero attached hydrogens (tertiary/aromatic N) is 1. The molecule has 0 N–H and O–H groups in total. The van der Waals surface area contributed by atoms with Gasteiger partial charge < -0.3 is 9.64 Å². The van der Waals surface area contributed by atoms with E-state index in [0.29, 0.717) is 30.2 Å². The number of ether oxygens (including phenoxy) is 1. The zero-order valence-corrected chi connectivity index (χ0v) is 18.3. The Morgan fingerprint density at radius 2 is 1.45 bits per heavy atom. The molecule has 33 heavy (non-hydrogen) atoms. The molecule has 0 saturated carbocycles. The highest BCUT2D eigenvalue weighted by molar-refractivity contribution is 6.52. The van der Waals surface area contributed by atoms with Gasteiger partial charge in [0.2, 0.25) is 0 Å². The van der Waals surface area contributed by atoms with E-state index in [1.54, 1.807) is 17.0 Å². The molecule has 4 aromatic rings. The number of aryl methyl sites for hydroxylation is 1. The number of benzene rings is 4. The van der Waals surface area contributed by atoms with Crippen LogP contribution in [0.25, 0.3) is 11.1 Å². The van der Waals surface area contributed by atoms with Gasteiger partial charge in [-0.05, 0) is 52.9 Å². The van der Waals surface area contributed by atoms with Crippen LogP contribution in [0.2, 0.25) is 0 Å². The van der Waals surface area contributed by atoms with Crippen molar-refractivity contribution in [3.05, 3.63) is 119 Å². The van der Waals surface area contributed by atoms with Crippen molar-refractivity contribution < 1.29 is 14.3 Å². The van der Waals surface area contributed by atoms with Crippen molar-refractivity contribution in [2.75, 3.05) is 4.90 Å². The molecule has 0 unspecified atom stereocenters. The van der Waals surface area contributed by atoms with Crippen LogP contribution in [0.4, 0.5) is 5.69 Å². The molecule has 0 radical (unpaired) electrons. The van der Waals surface area contributed by atoms with Gasteiger partial charge in [0.05, 0.1) is 17.8 Å². The number of carbonyl (C=O) groups excluding carboxylic acids is 2. The lowest BCUT2D eigenvalue weighted by atomic mass is 10.0. The van der Waals surface area contributed by atoms with Gasteiger partial charge in [-0.2, -0.15) is 0 Å². The third-order valence-corrected chi connectivity index (χ3v) is 6.00. The molecule has 0 aromatic heterocycles. The van der Waals surface area contributed by atoms with E-state index in [0.717, 1.165) is 27.8 Å². The monoisotopic (exact) mass is 433 g/mol. The van der Waals surface area contributed by atoms with Crippen molar-refractivity contribution in [2.45, 2.75) is 20.1 Å². The van der Waals surface area contributed by atoms with Crippen molar-refractivity contribution in [1.82, 2.24) is 0 Å². The van der Waals surface area contributed by atoms with Crippen molar-refractivity contribution in [3.8, 4) is 16.9 Å². The SMILES string of the molecule is Cc1ccccc1COc1ccc2c(c1)C(=O)C(=O)N2Cc1ccc(-c2ccccc2)cc1. The van der Waals surface area contributed by atoms with E-state index in [9.17, 15) is 9.59 Å². The summed E-state index contributed by atoms with van der Waals surface area (Å²) >= 11 is 0. The molecule has 1 aliphatic heterocycles. The van der Waals surface area contributed by atoms with Gasteiger partial charge in [0, 0.05) is 0 Å².